The van der Waals surface area contributed by atoms with Gasteiger partial charge in [-0.2, -0.15) is 5.26 Å². The van der Waals surface area contributed by atoms with Crippen LogP contribution in [-0.4, -0.2) is 22.9 Å². The standard InChI is InChI=1S/C17H25N3O3/c1-12(21)19-16-6-2-13(3-7-16)10-15(11-18)14-4-8-17(9-5-14)20(22)23/h10,13-14,16-17H,2-9H2,1H3,(H,19,21). The third kappa shape index (κ3) is 5.05. The summed E-state index contributed by atoms with van der Waals surface area (Å²) in [6.07, 6.45) is 8.61. The second kappa shape index (κ2) is 8.09. The van der Waals surface area contributed by atoms with Gasteiger partial charge < -0.3 is 5.32 Å². The number of carbonyl (C=O) groups excluding carboxylic acids is 1. The molecule has 0 aromatic carbocycles. The molecule has 0 aromatic heterocycles. The highest BCUT2D eigenvalue weighted by Gasteiger charge is 2.30. The fourth-order valence-corrected chi connectivity index (χ4v) is 3.83. The molecule has 0 saturated heterocycles. The van der Waals surface area contributed by atoms with Crippen molar-refractivity contribution in [3.8, 4) is 6.07 Å². The first-order valence-corrected chi connectivity index (χ1v) is 8.52. The van der Waals surface area contributed by atoms with E-state index in [2.05, 4.69) is 17.5 Å². The molecule has 0 unspecified atom stereocenters. The van der Waals surface area contributed by atoms with Crippen molar-refractivity contribution in [2.75, 3.05) is 0 Å². The van der Waals surface area contributed by atoms with E-state index in [1.807, 2.05) is 0 Å². The van der Waals surface area contributed by atoms with E-state index in [9.17, 15) is 20.2 Å². The van der Waals surface area contributed by atoms with Gasteiger partial charge in [0.05, 0.1) is 6.07 Å². The molecular formula is C17H25N3O3. The Kier molecular flexibility index (Phi) is 6.14. The third-order valence-corrected chi connectivity index (χ3v) is 5.16. The Morgan fingerprint density at radius 1 is 1.17 bits per heavy atom. The summed E-state index contributed by atoms with van der Waals surface area (Å²) < 4.78 is 0. The molecule has 0 spiro atoms. The van der Waals surface area contributed by atoms with Crippen LogP contribution in [0.3, 0.4) is 0 Å². The van der Waals surface area contributed by atoms with Gasteiger partial charge in [-0.05, 0) is 50.4 Å². The number of carbonyl (C=O) groups is 1. The van der Waals surface area contributed by atoms with Crippen molar-refractivity contribution < 1.29 is 9.72 Å². The van der Waals surface area contributed by atoms with Crippen molar-refractivity contribution in [2.24, 2.45) is 11.8 Å². The number of amides is 1. The van der Waals surface area contributed by atoms with Crippen molar-refractivity contribution in [3.63, 3.8) is 0 Å². The Morgan fingerprint density at radius 3 is 2.26 bits per heavy atom. The molecule has 2 aliphatic rings. The maximum atomic E-state index is 11.1. The lowest BCUT2D eigenvalue weighted by Crippen LogP contribution is -2.36. The van der Waals surface area contributed by atoms with Crippen LogP contribution in [0.5, 0.6) is 0 Å². The van der Waals surface area contributed by atoms with Gasteiger partial charge in [-0.3, -0.25) is 14.9 Å². The van der Waals surface area contributed by atoms with Crippen LogP contribution in [0.1, 0.15) is 58.3 Å². The largest absolute Gasteiger partial charge is 0.354 e. The molecule has 2 fully saturated rings. The summed E-state index contributed by atoms with van der Waals surface area (Å²) >= 11 is 0. The van der Waals surface area contributed by atoms with E-state index in [1.165, 1.54) is 0 Å². The van der Waals surface area contributed by atoms with Gasteiger partial charge in [-0.25, -0.2) is 0 Å². The van der Waals surface area contributed by atoms with Crippen LogP contribution in [0.2, 0.25) is 0 Å². The molecule has 2 saturated carbocycles. The molecule has 0 aromatic rings. The lowest BCUT2D eigenvalue weighted by Gasteiger charge is -2.28. The highest BCUT2D eigenvalue weighted by atomic mass is 16.6. The summed E-state index contributed by atoms with van der Waals surface area (Å²) in [7, 11) is 0. The molecule has 1 amide bonds. The molecule has 23 heavy (non-hydrogen) atoms. The van der Waals surface area contributed by atoms with Gasteiger partial charge in [0, 0.05) is 36.3 Å². The van der Waals surface area contributed by atoms with Crippen LogP contribution in [0.15, 0.2) is 11.6 Å². The SMILES string of the molecule is CC(=O)NC1CCC(C=C(C#N)C2CCC([N+](=O)[O-])CC2)CC1. The maximum Gasteiger partial charge on any atom is 0.217 e. The normalized spacial score (nSPS) is 31.9. The van der Waals surface area contributed by atoms with Gasteiger partial charge in [0.15, 0.2) is 0 Å². The molecule has 1 N–H and O–H groups in total. The van der Waals surface area contributed by atoms with Gasteiger partial charge in [0.1, 0.15) is 0 Å². The van der Waals surface area contributed by atoms with Crippen LogP contribution < -0.4 is 5.32 Å². The third-order valence-electron chi connectivity index (χ3n) is 5.16. The van der Waals surface area contributed by atoms with Gasteiger partial charge in [0.2, 0.25) is 11.9 Å². The number of nitriles is 1. The lowest BCUT2D eigenvalue weighted by molar-refractivity contribution is -0.526. The second-order valence-electron chi connectivity index (χ2n) is 6.84. The topological polar surface area (TPSA) is 96.0 Å². The summed E-state index contributed by atoms with van der Waals surface area (Å²) in [5.74, 6) is 0.594. The van der Waals surface area contributed by atoms with Crippen LogP contribution in [0.25, 0.3) is 0 Å². The van der Waals surface area contributed by atoms with E-state index in [-0.39, 0.29) is 22.8 Å². The number of nitrogens with one attached hydrogen (secondary N) is 1. The zero-order valence-corrected chi connectivity index (χ0v) is 13.7. The quantitative estimate of drug-likeness (QED) is 0.489. The van der Waals surface area contributed by atoms with E-state index < -0.39 is 6.04 Å². The number of nitrogens with zero attached hydrogens (tertiary/aromatic N) is 2. The molecule has 0 atom stereocenters. The molecule has 0 aliphatic heterocycles. The van der Waals surface area contributed by atoms with Crippen molar-refractivity contribution in [1.29, 1.82) is 5.26 Å². The van der Waals surface area contributed by atoms with Crippen LogP contribution in [0.4, 0.5) is 0 Å². The Bertz CT molecular complexity index is 508. The van der Waals surface area contributed by atoms with Crippen LogP contribution >= 0.6 is 0 Å². The Hall–Kier alpha value is -1.90. The minimum absolute atomic E-state index is 0.0178. The molecule has 126 valence electrons. The predicted octanol–water partition coefficient (Wildman–Crippen LogP) is 2.97. The molecule has 0 radical (unpaired) electrons. The fourth-order valence-electron chi connectivity index (χ4n) is 3.83. The molecule has 6 heteroatoms. The minimum atomic E-state index is -0.431. The number of hydrogen-bond donors (Lipinski definition) is 1. The van der Waals surface area contributed by atoms with E-state index >= 15 is 0 Å². The van der Waals surface area contributed by atoms with Crippen molar-refractivity contribution in [3.05, 3.63) is 21.8 Å². The highest BCUT2D eigenvalue weighted by molar-refractivity contribution is 5.73. The van der Waals surface area contributed by atoms with E-state index in [1.54, 1.807) is 6.92 Å². The van der Waals surface area contributed by atoms with Crippen molar-refractivity contribution >= 4 is 5.91 Å². The van der Waals surface area contributed by atoms with Gasteiger partial charge in [0.25, 0.3) is 0 Å². The Balaban J connectivity index is 1.87. The Labute approximate surface area is 137 Å². The smallest absolute Gasteiger partial charge is 0.217 e. The maximum absolute atomic E-state index is 11.1. The average molecular weight is 319 g/mol. The fraction of sp³-hybridized carbons (Fsp3) is 0.765. The molecule has 6 nitrogen and oxygen atoms in total. The van der Waals surface area contributed by atoms with Gasteiger partial charge >= 0.3 is 0 Å². The van der Waals surface area contributed by atoms with E-state index in [4.69, 9.17) is 0 Å². The first-order chi connectivity index (χ1) is 11.0. The minimum Gasteiger partial charge on any atom is -0.354 e. The first kappa shape index (κ1) is 17.5. The average Bonchev–Trinajstić information content (AvgIpc) is 2.53. The summed E-state index contributed by atoms with van der Waals surface area (Å²) in [6, 6.07) is 2.16. The molecule has 2 aliphatic carbocycles. The molecular weight excluding hydrogens is 294 g/mol. The van der Waals surface area contributed by atoms with Crippen molar-refractivity contribution in [2.45, 2.75) is 70.4 Å². The van der Waals surface area contributed by atoms with Crippen molar-refractivity contribution in [1.82, 2.24) is 5.32 Å². The first-order valence-electron chi connectivity index (χ1n) is 8.52. The predicted molar refractivity (Wildman–Crippen MR) is 86.0 cm³/mol. The van der Waals surface area contributed by atoms with Gasteiger partial charge in [-0.15, -0.1) is 0 Å². The number of rotatable bonds is 4. The number of nitro groups is 1. The van der Waals surface area contributed by atoms with E-state index in [0.717, 1.165) is 44.1 Å². The zero-order chi connectivity index (χ0) is 16.8. The number of hydrogen-bond acceptors (Lipinski definition) is 4. The highest BCUT2D eigenvalue weighted by Crippen LogP contribution is 2.33. The second-order valence-corrected chi connectivity index (χ2v) is 6.84. The molecule has 0 bridgehead atoms. The summed E-state index contributed by atoms with van der Waals surface area (Å²) in [6.45, 7) is 1.54. The summed E-state index contributed by atoms with van der Waals surface area (Å²) in [5.41, 5.74) is 0.815. The van der Waals surface area contributed by atoms with Crippen LogP contribution in [-0.2, 0) is 4.79 Å². The monoisotopic (exact) mass is 319 g/mol. The molecule has 2 rings (SSSR count). The van der Waals surface area contributed by atoms with Gasteiger partial charge in [-0.1, -0.05) is 6.08 Å². The van der Waals surface area contributed by atoms with Crippen LogP contribution in [0, 0.1) is 33.3 Å². The Morgan fingerprint density at radius 2 is 1.78 bits per heavy atom. The summed E-state index contributed by atoms with van der Waals surface area (Å²) in [4.78, 5) is 21.7. The number of allylic oxidation sites excluding steroid dienone is 2. The zero-order valence-electron chi connectivity index (χ0n) is 13.7. The molecule has 0 heterocycles. The summed E-state index contributed by atoms with van der Waals surface area (Å²) in [5, 5.41) is 23.2. The lowest BCUT2D eigenvalue weighted by atomic mass is 9.79. The van der Waals surface area contributed by atoms with E-state index in [0.29, 0.717) is 18.8 Å².